The second-order valence-electron chi connectivity index (χ2n) is 3.06. The fourth-order valence-corrected chi connectivity index (χ4v) is 1.18. The molecule has 5 heteroatoms. The number of aliphatic hydroxyl groups is 1. The number of alkyl halides is 2. The average Bonchev–Trinajstić information content (AvgIpc) is 1.83. The molecule has 12 heavy (non-hydrogen) atoms. The molecule has 0 aromatic carbocycles. The van der Waals surface area contributed by atoms with Crippen molar-refractivity contribution in [2.45, 2.75) is 31.3 Å². The normalized spacial score (nSPS) is 21.6. The summed E-state index contributed by atoms with van der Waals surface area (Å²) in [7, 11) is 0. The molecule has 1 aliphatic carbocycles. The first kappa shape index (κ1) is 9.38. The van der Waals surface area contributed by atoms with Crippen LogP contribution in [0, 0.1) is 5.92 Å². The van der Waals surface area contributed by atoms with Gasteiger partial charge in [0.25, 0.3) is 0 Å². The van der Waals surface area contributed by atoms with E-state index in [1.807, 2.05) is 0 Å². The number of aliphatic carboxylic acids is 1. The molecule has 0 spiro atoms. The largest absolute Gasteiger partial charge is 0.477 e. The van der Waals surface area contributed by atoms with Gasteiger partial charge in [0, 0.05) is 0 Å². The molecule has 0 saturated heterocycles. The number of hydrogen-bond donors (Lipinski definition) is 2. The predicted octanol–water partition coefficient (Wildman–Crippen LogP) is 0.867. The summed E-state index contributed by atoms with van der Waals surface area (Å²) >= 11 is 0. The molecule has 70 valence electrons. The molecule has 0 aliphatic heterocycles. The minimum Gasteiger partial charge on any atom is -0.477 e. The minimum absolute atomic E-state index is 0.490. The molecule has 1 atom stereocenters. The molecule has 0 aromatic rings. The van der Waals surface area contributed by atoms with E-state index in [9.17, 15) is 13.6 Å². The van der Waals surface area contributed by atoms with Gasteiger partial charge < -0.3 is 10.2 Å². The fourth-order valence-electron chi connectivity index (χ4n) is 1.18. The monoisotopic (exact) mass is 180 g/mol. The zero-order valence-electron chi connectivity index (χ0n) is 6.33. The van der Waals surface area contributed by atoms with Crippen LogP contribution in [0.3, 0.4) is 0 Å². The van der Waals surface area contributed by atoms with Gasteiger partial charge in [0.05, 0.1) is 0 Å². The summed E-state index contributed by atoms with van der Waals surface area (Å²) in [4.78, 5) is 10.00. The van der Waals surface area contributed by atoms with Gasteiger partial charge in [-0.3, -0.25) is 0 Å². The van der Waals surface area contributed by atoms with E-state index in [4.69, 9.17) is 10.2 Å². The molecular weight excluding hydrogens is 170 g/mol. The van der Waals surface area contributed by atoms with E-state index >= 15 is 0 Å². The third-order valence-corrected chi connectivity index (χ3v) is 2.25. The molecular formula is C7H10F2O3. The van der Waals surface area contributed by atoms with Gasteiger partial charge >= 0.3 is 11.9 Å². The molecule has 0 aromatic heterocycles. The minimum atomic E-state index is -3.99. The maximum absolute atomic E-state index is 12.6. The number of rotatable bonds is 3. The Hall–Kier alpha value is -0.710. The van der Waals surface area contributed by atoms with E-state index in [-0.39, 0.29) is 0 Å². The maximum Gasteiger partial charge on any atom is 0.377 e. The molecule has 2 N–H and O–H groups in total. The lowest BCUT2D eigenvalue weighted by Gasteiger charge is -2.32. The van der Waals surface area contributed by atoms with Gasteiger partial charge in [-0.25, -0.2) is 4.79 Å². The molecule has 1 saturated carbocycles. The highest BCUT2D eigenvalue weighted by Gasteiger charge is 2.51. The van der Waals surface area contributed by atoms with Crippen molar-refractivity contribution in [3.63, 3.8) is 0 Å². The van der Waals surface area contributed by atoms with Crippen LogP contribution in [-0.4, -0.2) is 28.2 Å². The average molecular weight is 180 g/mol. The lowest BCUT2D eigenvalue weighted by molar-refractivity contribution is -0.191. The topological polar surface area (TPSA) is 57.5 Å². The molecule has 1 fully saturated rings. The Morgan fingerprint density at radius 3 is 2.25 bits per heavy atom. The van der Waals surface area contributed by atoms with Crippen molar-refractivity contribution >= 4 is 5.97 Å². The molecule has 0 bridgehead atoms. The van der Waals surface area contributed by atoms with Crippen molar-refractivity contribution in [1.82, 2.24) is 0 Å². The van der Waals surface area contributed by atoms with Crippen molar-refractivity contribution in [3.8, 4) is 0 Å². The Labute approximate surface area is 68.0 Å². The van der Waals surface area contributed by atoms with Crippen LogP contribution in [0.4, 0.5) is 8.78 Å². The predicted molar refractivity (Wildman–Crippen MR) is 35.9 cm³/mol. The van der Waals surface area contributed by atoms with Crippen molar-refractivity contribution < 1.29 is 23.8 Å². The highest BCUT2D eigenvalue weighted by atomic mass is 19.3. The Bertz CT molecular complexity index is 189. The van der Waals surface area contributed by atoms with Crippen LogP contribution in [-0.2, 0) is 4.79 Å². The quantitative estimate of drug-likeness (QED) is 0.677. The number of hydrogen-bond acceptors (Lipinski definition) is 2. The van der Waals surface area contributed by atoms with Gasteiger partial charge in [-0.1, -0.05) is 6.42 Å². The van der Waals surface area contributed by atoms with Gasteiger partial charge in [0.2, 0.25) is 0 Å². The lowest BCUT2D eigenvalue weighted by atomic mass is 9.79. The second-order valence-corrected chi connectivity index (χ2v) is 3.06. The second kappa shape index (κ2) is 2.97. The Morgan fingerprint density at radius 2 is 2.00 bits per heavy atom. The van der Waals surface area contributed by atoms with Crippen LogP contribution in [0.5, 0.6) is 0 Å². The summed E-state index contributed by atoms with van der Waals surface area (Å²) in [5.74, 6) is -6.79. The first-order valence-corrected chi connectivity index (χ1v) is 3.75. The van der Waals surface area contributed by atoms with Gasteiger partial charge in [-0.05, 0) is 18.8 Å². The van der Waals surface area contributed by atoms with Gasteiger partial charge in [0.1, 0.15) is 6.10 Å². The number of halogens is 2. The van der Waals surface area contributed by atoms with Crippen LogP contribution in [0.1, 0.15) is 19.3 Å². The highest BCUT2D eigenvalue weighted by molar-refractivity contribution is 5.76. The fraction of sp³-hybridized carbons (Fsp3) is 0.857. The molecule has 3 nitrogen and oxygen atoms in total. The molecule has 0 heterocycles. The summed E-state index contributed by atoms with van der Waals surface area (Å²) in [6.07, 6.45) is -0.255. The smallest absolute Gasteiger partial charge is 0.377 e. The van der Waals surface area contributed by atoms with E-state index in [0.29, 0.717) is 12.8 Å². The molecule has 0 amide bonds. The third-order valence-electron chi connectivity index (χ3n) is 2.25. The number of carbonyl (C=O) groups is 1. The molecule has 1 rings (SSSR count). The molecule has 1 aliphatic rings. The van der Waals surface area contributed by atoms with E-state index < -0.39 is 23.9 Å². The van der Waals surface area contributed by atoms with Crippen molar-refractivity contribution in [2.75, 3.05) is 0 Å². The van der Waals surface area contributed by atoms with Crippen molar-refractivity contribution in [1.29, 1.82) is 0 Å². The Morgan fingerprint density at radius 1 is 1.50 bits per heavy atom. The van der Waals surface area contributed by atoms with E-state index in [0.717, 1.165) is 6.42 Å². The van der Waals surface area contributed by atoms with Crippen molar-refractivity contribution in [3.05, 3.63) is 0 Å². The number of carboxylic acids is 1. The standard InChI is InChI=1S/C7H10F2O3/c8-7(9,6(11)12)5(10)4-2-1-3-4/h4-5,10H,1-3H2,(H,11,12). The number of aliphatic hydroxyl groups excluding tert-OH is 1. The maximum atomic E-state index is 12.6. The Balaban J connectivity index is 2.59. The Kier molecular flexibility index (Phi) is 2.32. The van der Waals surface area contributed by atoms with Crippen LogP contribution in [0.25, 0.3) is 0 Å². The number of carboxylic acid groups (broad SMARTS) is 1. The van der Waals surface area contributed by atoms with Gasteiger partial charge in [0.15, 0.2) is 0 Å². The van der Waals surface area contributed by atoms with Gasteiger partial charge in [-0.15, -0.1) is 0 Å². The SMILES string of the molecule is O=C(O)C(F)(F)C(O)C1CCC1. The summed E-state index contributed by atoms with van der Waals surface area (Å²) in [6, 6.07) is 0. The summed E-state index contributed by atoms with van der Waals surface area (Å²) < 4.78 is 25.1. The summed E-state index contributed by atoms with van der Waals surface area (Å²) in [6.45, 7) is 0. The summed E-state index contributed by atoms with van der Waals surface area (Å²) in [5, 5.41) is 17.0. The van der Waals surface area contributed by atoms with E-state index in [1.54, 1.807) is 0 Å². The zero-order valence-corrected chi connectivity index (χ0v) is 6.33. The third kappa shape index (κ3) is 1.41. The first-order chi connectivity index (χ1) is 5.46. The highest BCUT2D eigenvalue weighted by Crippen LogP contribution is 2.36. The molecule has 0 radical (unpaired) electrons. The van der Waals surface area contributed by atoms with E-state index in [2.05, 4.69) is 0 Å². The first-order valence-electron chi connectivity index (χ1n) is 3.75. The van der Waals surface area contributed by atoms with Crippen LogP contribution in [0.2, 0.25) is 0 Å². The van der Waals surface area contributed by atoms with Crippen molar-refractivity contribution in [2.24, 2.45) is 5.92 Å². The van der Waals surface area contributed by atoms with Crippen LogP contribution < -0.4 is 0 Å². The zero-order chi connectivity index (χ0) is 9.35. The summed E-state index contributed by atoms with van der Waals surface area (Å²) in [5.41, 5.74) is 0. The van der Waals surface area contributed by atoms with Crippen LogP contribution >= 0.6 is 0 Å². The van der Waals surface area contributed by atoms with E-state index in [1.165, 1.54) is 0 Å². The molecule has 1 unspecified atom stereocenters. The van der Waals surface area contributed by atoms with Crippen LogP contribution in [0.15, 0.2) is 0 Å². The van der Waals surface area contributed by atoms with Gasteiger partial charge in [-0.2, -0.15) is 8.78 Å². The lowest BCUT2D eigenvalue weighted by Crippen LogP contribution is -2.47.